The van der Waals surface area contributed by atoms with E-state index in [1.165, 1.54) is 12.1 Å². The molecule has 1 aliphatic heterocycles. The molecule has 2 aliphatic rings. The average molecular weight is 509 g/mol. The van der Waals surface area contributed by atoms with Gasteiger partial charge in [0.25, 0.3) is 0 Å². The molecule has 0 radical (unpaired) electrons. The summed E-state index contributed by atoms with van der Waals surface area (Å²) in [4.78, 5) is 13.5. The zero-order valence-electron chi connectivity index (χ0n) is 20.0. The molecule has 7 nitrogen and oxygen atoms in total. The van der Waals surface area contributed by atoms with E-state index in [9.17, 15) is 23.1 Å². The summed E-state index contributed by atoms with van der Waals surface area (Å²) in [6.45, 7) is 6.02. The first-order valence-electron chi connectivity index (χ1n) is 12.1. The smallest absolute Gasteiger partial charge is 0.492 e. The van der Waals surface area contributed by atoms with Gasteiger partial charge < -0.3 is 24.6 Å². The van der Waals surface area contributed by atoms with E-state index in [0.717, 1.165) is 36.5 Å². The fourth-order valence-electron chi connectivity index (χ4n) is 4.85. The highest BCUT2D eigenvalue weighted by molar-refractivity contribution is 5.72. The number of hydrogen-bond donors (Lipinski definition) is 2. The van der Waals surface area contributed by atoms with Crippen molar-refractivity contribution in [1.29, 1.82) is 0 Å². The lowest BCUT2D eigenvalue weighted by atomic mass is 10.1. The van der Waals surface area contributed by atoms with Gasteiger partial charge in [0.15, 0.2) is 6.10 Å². The van der Waals surface area contributed by atoms with E-state index in [1.807, 2.05) is 24.3 Å². The Morgan fingerprint density at radius 1 is 1.06 bits per heavy atom. The highest BCUT2D eigenvalue weighted by Crippen LogP contribution is 2.45. The summed E-state index contributed by atoms with van der Waals surface area (Å²) in [7, 11) is 0. The number of hydrogen-bond acceptors (Lipinski definition) is 6. The van der Waals surface area contributed by atoms with Gasteiger partial charge >= 0.3 is 12.3 Å². The minimum Gasteiger partial charge on any atom is -0.492 e. The number of ether oxygens (including phenoxy) is 3. The lowest BCUT2D eigenvalue weighted by Crippen LogP contribution is -2.33. The minimum absolute atomic E-state index is 0.202. The van der Waals surface area contributed by atoms with Gasteiger partial charge in [0, 0.05) is 45.2 Å². The van der Waals surface area contributed by atoms with E-state index in [4.69, 9.17) is 9.47 Å². The van der Waals surface area contributed by atoms with Gasteiger partial charge in [-0.3, -0.25) is 4.90 Å². The van der Waals surface area contributed by atoms with E-state index < -0.39 is 18.4 Å². The van der Waals surface area contributed by atoms with Gasteiger partial charge in [0.2, 0.25) is 0 Å². The van der Waals surface area contributed by atoms with Crippen molar-refractivity contribution >= 4 is 5.97 Å². The first kappa shape index (κ1) is 26.2. The number of benzene rings is 2. The molecule has 2 aromatic rings. The number of fused-ring (bicyclic) bond motifs is 1. The largest absolute Gasteiger partial charge is 0.573 e. The zero-order chi connectivity index (χ0) is 25.7. The Labute approximate surface area is 208 Å². The normalized spacial score (nSPS) is 22.2. The van der Waals surface area contributed by atoms with Crippen molar-refractivity contribution in [2.24, 2.45) is 11.8 Å². The average Bonchev–Trinajstić information content (AvgIpc) is 3.27. The first-order valence-corrected chi connectivity index (χ1v) is 12.1. The first-order chi connectivity index (χ1) is 17.2. The second kappa shape index (κ2) is 11.5. The van der Waals surface area contributed by atoms with Crippen LogP contribution >= 0.6 is 0 Å². The third-order valence-electron chi connectivity index (χ3n) is 6.57. The summed E-state index contributed by atoms with van der Waals surface area (Å²) in [6, 6.07) is 13.9. The summed E-state index contributed by atoms with van der Waals surface area (Å²) >= 11 is 0. The standard InChI is InChI=1S/C26H31F3N2O5/c1-2-34-23(25(32)33)13-17-3-7-19(8-4-17)35-12-11-30-24-21-15-31(16-22(21)24)14-18-5-9-20(10-6-18)36-26(27,28)29/h3-10,21-24,30H,2,11-16H2,1H3,(H,32,33)/t21-,22?,23+,24?/m0/s1. The molecule has 2 N–H and O–H groups in total. The van der Waals surface area contributed by atoms with Gasteiger partial charge in [-0.05, 0) is 54.2 Å². The third kappa shape index (κ3) is 7.35. The molecular formula is C26H31F3N2O5. The molecule has 196 valence electrons. The Kier molecular flexibility index (Phi) is 8.38. The number of aliphatic carboxylic acids is 1. The van der Waals surface area contributed by atoms with Crippen LogP contribution in [0.25, 0.3) is 0 Å². The third-order valence-corrected chi connectivity index (χ3v) is 6.57. The van der Waals surface area contributed by atoms with Crippen molar-refractivity contribution in [3.63, 3.8) is 0 Å². The number of likely N-dealkylation sites (tertiary alicyclic amines) is 1. The molecule has 2 unspecified atom stereocenters. The molecule has 2 fully saturated rings. The Balaban J connectivity index is 1.11. The van der Waals surface area contributed by atoms with Crippen molar-refractivity contribution in [1.82, 2.24) is 10.2 Å². The van der Waals surface area contributed by atoms with Crippen LogP contribution in [-0.2, 0) is 22.5 Å². The molecule has 1 aliphatic carbocycles. The number of alkyl halides is 3. The maximum absolute atomic E-state index is 12.3. The number of carboxylic acid groups (broad SMARTS) is 1. The fraction of sp³-hybridized carbons (Fsp3) is 0.500. The summed E-state index contributed by atoms with van der Waals surface area (Å²) in [6.07, 6.45) is -5.21. The Morgan fingerprint density at radius 2 is 1.67 bits per heavy atom. The number of piperidine rings is 1. The highest BCUT2D eigenvalue weighted by Gasteiger charge is 2.55. The monoisotopic (exact) mass is 508 g/mol. The van der Waals surface area contributed by atoms with Crippen LogP contribution in [0.1, 0.15) is 18.1 Å². The number of carboxylic acids is 1. The van der Waals surface area contributed by atoms with E-state index in [0.29, 0.717) is 44.1 Å². The van der Waals surface area contributed by atoms with Crippen LogP contribution in [0, 0.1) is 11.8 Å². The molecule has 1 saturated heterocycles. The number of rotatable bonds is 13. The van der Waals surface area contributed by atoms with Gasteiger partial charge in [-0.25, -0.2) is 4.79 Å². The van der Waals surface area contributed by atoms with Gasteiger partial charge in [0.1, 0.15) is 18.1 Å². The number of halogens is 3. The highest BCUT2D eigenvalue weighted by atomic mass is 19.4. The van der Waals surface area contributed by atoms with Crippen LogP contribution in [0.2, 0.25) is 0 Å². The van der Waals surface area contributed by atoms with Crippen molar-refractivity contribution in [3.8, 4) is 11.5 Å². The Hall–Kier alpha value is -2.82. The molecule has 36 heavy (non-hydrogen) atoms. The molecule has 0 amide bonds. The molecule has 0 aromatic heterocycles. The quantitative estimate of drug-likeness (QED) is 0.399. The van der Waals surface area contributed by atoms with E-state index in [2.05, 4.69) is 15.0 Å². The second-order valence-corrected chi connectivity index (χ2v) is 9.17. The van der Waals surface area contributed by atoms with Gasteiger partial charge in [0.05, 0.1) is 0 Å². The second-order valence-electron chi connectivity index (χ2n) is 9.17. The van der Waals surface area contributed by atoms with Crippen LogP contribution in [-0.4, -0.2) is 67.3 Å². The van der Waals surface area contributed by atoms with Crippen LogP contribution < -0.4 is 14.8 Å². The van der Waals surface area contributed by atoms with E-state index in [1.54, 1.807) is 19.1 Å². The number of nitrogens with zero attached hydrogens (tertiary/aromatic N) is 1. The summed E-state index contributed by atoms with van der Waals surface area (Å²) < 4.78 is 51.8. The molecule has 4 rings (SSSR count). The number of carbonyl (C=O) groups is 1. The maximum Gasteiger partial charge on any atom is 0.573 e. The number of nitrogens with one attached hydrogen (secondary N) is 1. The van der Waals surface area contributed by atoms with Gasteiger partial charge in [-0.1, -0.05) is 24.3 Å². The minimum atomic E-state index is -4.67. The lowest BCUT2D eigenvalue weighted by Gasteiger charge is -2.20. The van der Waals surface area contributed by atoms with Gasteiger partial charge in [-0.2, -0.15) is 0 Å². The molecule has 10 heteroatoms. The molecule has 1 heterocycles. The summed E-state index contributed by atoms with van der Waals surface area (Å²) in [5, 5.41) is 12.7. The van der Waals surface area contributed by atoms with Gasteiger partial charge in [-0.15, -0.1) is 13.2 Å². The predicted molar refractivity (Wildman–Crippen MR) is 126 cm³/mol. The molecule has 4 atom stereocenters. The summed E-state index contributed by atoms with van der Waals surface area (Å²) in [5.74, 6) is 0.739. The van der Waals surface area contributed by atoms with Crippen molar-refractivity contribution < 1.29 is 37.3 Å². The molecular weight excluding hydrogens is 477 g/mol. The molecule has 0 bridgehead atoms. The zero-order valence-corrected chi connectivity index (χ0v) is 20.0. The summed E-state index contributed by atoms with van der Waals surface area (Å²) in [5.41, 5.74) is 1.84. The molecule has 1 saturated carbocycles. The van der Waals surface area contributed by atoms with Crippen molar-refractivity contribution in [3.05, 3.63) is 59.7 Å². The van der Waals surface area contributed by atoms with E-state index in [-0.39, 0.29) is 5.75 Å². The van der Waals surface area contributed by atoms with E-state index >= 15 is 0 Å². The Morgan fingerprint density at radius 3 is 2.25 bits per heavy atom. The predicted octanol–water partition coefficient (Wildman–Crippen LogP) is 3.72. The SMILES string of the molecule is CCO[C@H](Cc1ccc(OCCNC2C3CN(Cc4ccc(OC(F)(F)F)cc4)C[C@@H]32)cc1)C(=O)O. The maximum atomic E-state index is 12.3. The molecule has 0 spiro atoms. The van der Waals surface area contributed by atoms with Crippen LogP contribution in [0.5, 0.6) is 11.5 Å². The van der Waals surface area contributed by atoms with Crippen LogP contribution in [0.4, 0.5) is 13.2 Å². The van der Waals surface area contributed by atoms with Crippen LogP contribution in [0.3, 0.4) is 0 Å². The van der Waals surface area contributed by atoms with Crippen molar-refractivity contribution in [2.75, 3.05) is 32.8 Å². The van der Waals surface area contributed by atoms with Crippen LogP contribution in [0.15, 0.2) is 48.5 Å². The Bertz CT molecular complexity index is 988. The topological polar surface area (TPSA) is 80.3 Å². The lowest BCUT2D eigenvalue weighted by molar-refractivity contribution is -0.274. The van der Waals surface area contributed by atoms with Crippen molar-refractivity contribution in [2.45, 2.75) is 38.4 Å². The molecule has 2 aromatic carbocycles. The fourth-order valence-corrected chi connectivity index (χ4v) is 4.85.